The van der Waals surface area contributed by atoms with Crippen LogP contribution in [0, 0.1) is 12.3 Å². The smallest absolute Gasteiger partial charge is 0.0625 e. The summed E-state index contributed by atoms with van der Waals surface area (Å²) in [5.41, 5.74) is 17.0. The van der Waals surface area contributed by atoms with Crippen LogP contribution in [-0.2, 0) is 17.3 Å². The third-order valence-electron chi connectivity index (χ3n) is 12.0. The second kappa shape index (κ2) is 10.5. The van der Waals surface area contributed by atoms with Gasteiger partial charge in [-0.15, -0.1) is 6.42 Å². The van der Waals surface area contributed by atoms with Crippen molar-refractivity contribution in [2.24, 2.45) is 0 Å². The van der Waals surface area contributed by atoms with Crippen molar-refractivity contribution in [3.63, 3.8) is 0 Å². The average Bonchev–Trinajstić information content (AvgIpc) is 3.80. The van der Waals surface area contributed by atoms with Gasteiger partial charge < -0.3 is 9.13 Å². The van der Waals surface area contributed by atoms with E-state index in [9.17, 15) is 0 Å². The van der Waals surface area contributed by atoms with Gasteiger partial charge in [0, 0.05) is 38.4 Å². The van der Waals surface area contributed by atoms with Gasteiger partial charge in [-0.25, -0.2) is 0 Å². The van der Waals surface area contributed by atoms with Crippen molar-refractivity contribution in [3.8, 4) is 34.8 Å². The molecule has 2 aromatic heterocycles. The number of nitrogens with zero attached hydrogens (tertiary/aromatic N) is 2. The van der Waals surface area contributed by atoms with Crippen molar-refractivity contribution in [2.45, 2.75) is 44.9 Å². The first kappa shape index (κ1) is 29.8. The maximum absolute atomic E-state index is 6.56. The van der Waals surface area contributed by atoms with E-state index < -0.39 is 0 Å². The van der Waals surface area contributed by atoms with Gasteiger partial charge in [0.15, 0.2) is 0 Å². The number of benzene rings is 6. The zero-order valence-corrected chi connectivity index (χ0v) is 29.5. The topological polar surface area (TPSA) is 9.86 Å². The highest BCUT2D eigenvalue weighted by molar-refractivity contribution is 6.10. The van der Waals surface area contributed by atoms with Gasteiger partial charge in [-0.3, -0.25) is 0 Å². The number of aromatic nitrogens is 2. The van der Waals surface area contributed by atoms with E-state index in [1.807, 2.05) is 0 Å². The highest BCUT2D eigenvalue weighted by Crippen LogP contribution is 2.51. The van der Waals surface area contributed by atoms with Gasteiger partial charge in [-0.2, -0.15) is 0 Å². The molecule has 0 atom stereocenters. The first-order chi connectivity index (χ1) is 24.8. The summed E-state index contributed by atoms with van der Waals surface area (Å²) in [5, 5.41) is 3.57. The third kappa shape index (κ3) is 4.07. The summed E-state index contributed by atoms with van der Waals surface area (Å²) in [4.78, 5) is 0. The molecule has 2 heterocycles. The predicted octanol–water partition coefficient (Wildman–Crippen LogP) is 11.9. The van der Waals surface area contributed by atoms with Gasteiger partial charge >= 0.3 is 0 Å². The Hall–Kier alpha value is -6.04. The van der Waals surface area contributed by atoms with E-state index in [1.165, 1.54) is 60.8 Å². The lowest BCUT2D eigenvalue weighted by atomic mass is 9.82. The Morgan fingerprint density at radius 2 is 1.25 bits per heavy atom. The molecule has 10 rings (SSSR count). The molecule has 0 N–H and O–H groups in total. The fraction of sp³-hybridized carbons (Fsp3) is 0.143. The Balaban J connectivity index is 1.29. The summed E-state index contributed by atoms with van der Waals surface area (Å²) in [6, 6.07) is 48.9. The summed E-state index contributed by atoms with van der Waals surface area (Å²) < 4.78 is 4.83. The van der Waals surface area contributed by atoms with Crippen molar-refractivity contribution < 1.29 is 0 Å². The molecule has 0 saturated heterocycles. The summed E-state index contributed by atoms with van der Waals surface area (Å²) in [7, 11) is 0. The molecule has 6 aromatic carbocycles. The van der Waals surface area contributed by atoms with Gasteiger partial charge in [0.25, 0.3) is 0 Å². The minimum Gasteiger partial charge on any atom is -0.309 e. The molecule has 244 valence electrons. The molecular weight excluding hydrogens is 617 g/mol. The van der Waals surface area contributed by atoms with E-state index >= 15 is 0 Å². The summed E-state index contributed by atoms with van der Waals surface area (Å²) in [5.74, 6) is 3.21. The highest BCUT2D eigenvalue weighted by atomic mass is 15.0. The van der Waals surface area contributed by atoms with E-state index in [4.69, 9.17) is 6.42 Å². The zero-order valence-electron chi connectivity index (χ0n) is 29.5. The molecule has 2 nitrogen and oxygen atoms in total. The molecule has 8 aromatic rings. The number of fused-ring (bicyclic) bond motifs is 8. The van der Waals surface area contributed by atoms with Crippen LogP contribution in [0.3, 0.4) is 0 Å². The number of hydrogen-bond donors (Lipinski definition) is 0. The molecule has 0 radical (unpaired) electrons. The third-order valence-corrected chi connectivity index (χ3v) is 12.0. The van der Waals surface area contributed by atoms with Crippen molar-refractivity contribution in [1.29, 1.82) is 0 Å². The molecule has 0 spiro atoms. The first-order valence-electron chi connectivity index (χ1n) is 18.0. The summed E-state index contributed by atoms with van der Waals surface area (Å²) >= 11 is 0. The van der Waals surface area contributed by atoms with Gasteiger partial charge in [-0.05, 0) is 94.4 Å². The van der Waals surface area contributed by atoms with E-state index in [2.05, 4.69) is 182 Å². The van der Waals surface area contributed by atoms with Crippen molar-refractivity contribution in [2.75, 3.05) is 0 Å². The van der Waals surface area contributed by atoms with Crippen molar-refractivity contribution >= 4 is 38.8 Å². The summed E-state index contributed by atoms with van der Waals surface area (Å²) in [6.07, 6.45) is 9.89. The molecule has 2 aliphatic carbocycles. The lowest BCUT2D eigenvalue weighted by Gasteiger charge is -2.23. The van der Waals surface area contributed by atoms with Crippen LogP contribution in [0.1, 0.15) is 61.2 Å². The molecule has 51 heavy (non-hydrogen) atoms. The standard InChI is InChI=1S/C49H38N2/c1-6-35-40-29-38-36-19-11-14-22-42(36)49(4,5)43(38)30-47(40)51(46(35)27-32-26-31-16-10-13-21-41(31)48(32,2)3)34-24-25-45-39(28-34)37-20-12-15-23-44(37)50(45)33-17-8-7-9-18-33/h1,7-25,27-30H,26H2,2-5H3/b32-27+. The lowest BCUT2D eigenvalue weighted by Crippen LogP contribution is -2.15. The Morgan fingerprint density at radius 1 is 0.549 bits per heavy atom. The Kier molecular flexibility index (Phi) is 6.14. The van der Waals surface area contributed by atoms with Crippen LogP contribution in [0.5, 0.6) is 0 Å². The Labute approximate surface area is 299 Å². The summed E-state index contributed by atoms with van der Waals surface area (Å²) in [6.45, 7) is 9.41. The fourth-order valence-electron chi connectivity index (χ4n) is 9.30. The largest absolute Gasteiger partial charge is 0.309 e. The monoisotopic (exact) mass is 654 g/mol. The fourth-order valence-corrected chi connectivity index (χ4v) is 9.30. The maximum Gasteiger partial charge on any atom is 0.0625 e. The zero-order chi connectivity index (χ0) is 34.6. The first-order valence-corrected chi connectivity index (χ1v) is 18.0. The van der Waals surface area contributed by atoms with Crippen LogP contribution < -0.4 is 0 Å². The van der Waals surface area contributed by atoms with Crippen molar-refractivity contribution in [3.05, 3.63) is 173 Å². The van der Waals surface area contributed by atoms with E-state index in [1.54, 1.807) is 0 Å². The molecule has 0 unspecified atom stereocenters. The number of hydrogen-bond acceptors (Lipinski definition) is 0. The predicted molar refractivity (Wildman–Crippen MR) is 214 cm³/mol. The van der Waals surface area contributed by atoms with Crippen LogP contribution in [0.4, 0.5) is 0 Å². The molecule has 0 bridgehead atoms. The van der Waals surface area contributed by atoms with Gasteiger partial charge in [0.05, 0.1) is 27.8 Å². The second-order valence-corrected chi connectivity index (χ2v) is 15.3. The lowest BCUT2D eigenvalue weighted by molar-refractivity contribution is 0.648. The molecule has 0 aliphatic heterocycles. The second-order valence-electron chi connectivity index (χ2n) is 15.3. The molecular formula is C49H38N2. The van der Waals surface area contributed by atoms with E-state index in [0.29, 0.717) is 0 Å². The van der Waals surface area contributed by atoms with Crippen molar-refractivity contribution in [1.82, 2.24) is 9.13 Å². The van der Waals surface area contributed by atoms with E-state index in [-0.39, 0.29) is 10.8 Å². The molecule has 0 fully saturated rings. The van der Waals surface area contributed by atoms with Crippen LogP contribution in [0.25, 0.3) is 61.3 Å². The SMILES string of the molecule is C#Cc1c(/C=C2\Cc3ccccc3C2(C)C)n(-c2ccc3c(c2)c2ccccc2n3-c2ccccc2)c2cc3c(cc12)-c1ccccc1C3(C)C. The number of para-hydroxylation sites is 2. The van der Waals surface area contributed by atoms with Crippen LogP contribution in [-0.4, -0.2) is 9.13 Å². The Morgan fingerprint density at radius 3 is 2.06 bits per heavy atom. The number of allylic oxidation sites excluding steroid dienone is 1. The molecule has 0 amide bonds. The van der Waals surface area contributed by atoms with Gasteiger partial charge in [0.1, 0.15) is 0 Å². The average molecular weight is 655 g/mol. The number of rotatable bonds is 3. The minimum atomic E-state index is -0.133. The molecule has 0 saturated carbocycles. The highest BCUT2D eigenvalue weighted by Gasteiger charge is 2.38. The maximum atomic E-state index is 6.56. The normalized spacial score (nSPS) is 16.1. The van der Waals surface area contributed by atoms with Gasteiger partial charge in [0.2, 0.25) is 0 Å². The van der Waals surface area contributed by atoms with Gasteiger partial charge in [-0.1, -0.05) is 124 Å². The van der Waals surface area contributed by atoms with Crippen LogP contribution in [0.2, 0.25) is 0 Å². The molecule has 2 aliphatic rings. The van der Waals surface area contributed by atoms with Crippen LogP contribution in [0.15, 0.2) is 139 Å². The van der Waals surface area contributed by atoms with E-state index in [0.717, 1.165) is 40.0 Å². The molecule has 2 heteroatoms. The Bertz CT molecular complexity index is 2830. The van der Waals surface area contributed by atoms with Crippen LogP contribution >= 0.6 is 0 Å². The number of terminal acetylenes is 1. The minimum absolute atomic E-state index is 0.112. The quantitative estimate of drug-likeness (QED) is 0.168.